The zero-order valence-electron chi connectivity index (χ0n) is 17.8. The number of piperidine rings is 1. The molecule has 8 nitrogen and oxygen atoms in total. The van der Waals surface area contributed by atoms with E-state index in [0.29, 0.717) is 48.3 Å². The van der Waals surface area contributed by atoms with Gasteiger partial charge < -0.3 is 20.1 Å². The van der Waals surface area contributed by atoms with Crippen LogP contribution in [0.4, 0.5) is 0 Å². The zero-order valence-corrected chi connectivity index (χ0v) is 17.8. The van der Waals surface area contributed by atoms with Crippen LogP contribution in [0.15, 0.2) is 37.1 Å². The van der Waals surface area contributed by atoms with Crippen molar-refractivity contribution in [2.24, 2.45) is 11.7 Å². The maximum atomic E-state index is 11.9. The molecule has 0 aliphatic carbocycles. The van der Waals surface area contributed by atoms with Crippen molar-refractivity contribution in [3.63, 3.8) is 0 Å². The first-order valence-electron chi connectivity index (χ1n) is 9.97. The van der Waals surface area contributed by atoms with Crippen LogP contribution in [0, 0.1) is 17.8 Å². The molecule has 2 N–H and O–H groups in total. The number of nitrogens with zero attached hydrogens (tertiary/aromatic N) is 3. The molecule has 8 heteroatoms. The lowest BCUT2D eigenvalue weighted by Gasteiger charge is -2.31. The fourth-order valence-corrected chi connectivity index (χ4v) is 3.53. The summed E-state index contributed by atoms with van der Waals surface area (Å²) in [7, 11) is 3.13. The molecule has 2 heterocycles. The number of benzene rings is 1. The lowest BCUT2D eigenvalue weighted by Crippen LogP contribution is -2.38. The zero-order chi connectivity index (χ0) is 22.4. The van der Waals surface area contributed by atoms with Gasteiger partial charge in [-0.3, -0.25) is 14.3 Å². The molecule has 2 aromatic rings. The molecular formula is C23H26N4O4. The number of carbonyl (C=O) groups excluding carboxylic acids is 2. The highest BCUT2D eigenvalue weighted by atomic mass is 16.5. The topological polar surface area (TPSA) is 99.7 Å². The minimum atomic E-state index is -0.579. The molecule has 2 amide bonds. The fourth-order valence-electron chi connectivity index (χ4n) is 3.53. The molecule has 0 bridgehead atoms. The Hall–Kier alpha value is -3.73. The minimum absolute atomic E-state index is 0.0414. The van der Waals surface area contributed by atoms with Crippen molar-refractivity contribution in [1.29, 1.82) is 0 Å². The Morgan fingerprint density at radius 1 is 1.19 bits per heavy atom. The molecule has 0 saturated carbocycles. The second-order valence-corrected chi connectivity index (χ2v) is 7.30. The monoisotopic (exact) mass is 422 g/mol. The summed E-state index contributed by atoms with van der Waals surface area (Å²) in [4.78, 5) is 25.4. The number of likely N-dealkylation sites (tertiary alicyclic amines) is 1. The number of amides is 2. The number of primary amides is 1. The molecule has 1 aromatic carbocycles. The number of ether oxygens (including phenoxy) is 2. The maximum Gasteiger partial charge on any atom is 0.253 e. The van der Waals surface area contributed by atoms with E-state index in [-0.39, 0.29) is 11.5 Å². The van der Waals surface area contributed by atoms with Crippen LogP contribution >= 0.6 is 0 Å². The first-order chi connectivity index (χ1) is 14.9. The van der Waals surface area contributed by atoms with Gasteiger partial charge in [0.1, 0.15) is 17.2 Å². The first-order valence-corrected chi connectivity index (χ1v) is 9.97. The number of rotatable bonds is 6. The molecule has 162 valence electrons. The Kier molecular flexibility index (Phi) is 6.98. The van der Waals surface area contributed by atoms with E-state index in [1.54, 1.807) is 48.2 Å². The van der Waals surface area contributed by atoms with Gasteiger partial charge in [-0.15, -0.1) is 0 Å². The first kappa shape index (κ1) is 22.0. The van der Waals surface area contributed by atoms with E-state index in [9.17, 15) is 9.59 Å². The van der Waals surface area contributed by atoms with Crippen molar-refractivity contribution in [1.82, 2.24) is 14.7 Å². The van der Waals surface area contributed by atoms with Crippen molar-refractivity contribution in [3.8, 4) is 23.3 Å². The largest absolute Gasteiger partial charge is 0.497 e. The Balaban J connectivity index is 1.77. The van der Waals surface area contributed by atoms with Crippen molar-refractivity contribution < 1.29 is 19.1 Å². The molecule has 1 aliphatic rings. The van der Waals surface area contributed by atoms with Gasteiger partial charge in [-0.25, -0.2) is 0 Å². The van der Waals surface area contributed by atoms with E-state index >= 15 is 0 Å². The third-order valence-corrected chi connectivity index (χ3v) is 5.25. The second-order valence-electron chi connectivity index (χ2n) is 7.30. The van der Waals surface area contributed by atoms with Crippen LogP contribution in [0.25, 0.3) is 0 Å². The summed E-state index contributed by atoms with van der Waals surface area (Å²) >= 11 is 0. The van der Waals surface area contributed by atoms with Crippen LogP contribution in [-0.2, 0) is 11.3 Å². The van der Waals surface area contributed by atoms with Gasteiger partial charge in [0.15, 0.2) is 0 Å². The number of hydrogen-bond donors (Lipinski definition) is 1. The molecule has 1 aliphatic heterocycles. The van der Waals surface area contributed by atoms with Crippen LogP contribution in [0.5, 0.6) is 11.5 Å². The molecule has 0 atom stereocenters. The lowest BCUT2D eigenvalue weighted by molar-refractivity contribution is -0.127. The van der Waals surface area contributed by atoms with E-state index in [1.165, 1.54) is 6.08 Å². The summed E-state index contributed by atoms with van der Waals surface area (Å²) in [6.07, 6.45) is 4.70. The molecule has 0 radical (unpaired) electrons. The van der Waals surface area contributed by atoms with Gasteiger partial charge >= 0.3 is 0 Å². The Morgan fingerprint density at radius 3 is 2.39 bits per heavy atom. The number of hydrogen-bond acceptors (Lipinski definition) is 5. The summed E-state index contributed by atoms with van der Waals surface area (Å²) in [5.74, 6) is 6.90. The number of carbonyl (C=O) groups is 2. The van der Waals surface area contributed by atoms with Gasteiger partial charge in [-0.05, 0) is 42.9 Å². The normalized spacial score (nSPS) is 13.8. The van der Waals surface area contributed by atoms with Crippen molar-refractivity contribution >= 4 is 11.8 Å². The van der Waals surface area contributed by atoms with Crippen LogP contribution in [-0.4, -0.2) is 53.8 Å². The third kappa shape index (κ3) is 5.45. The van der Waals surface area contributed by atoms with Crippen molar-refractivity contribution in [2.75, 3.05) is 27.3 Å². The van der Waals surface area contributed by atoms with Crippen LogP contribution in [0.2, 0.25) is 0 Å². The van der Waals surface area contributed by atoms with E-state index < -0.39 is 5.91 Å². The highest BCUT2D eigenvalue weighted by Crippen LogP contribution is 2.22. The van der Waals surface area contributed by atoms with Crippen molar-refractivity contribution in [3.05, 3.63) is 53.9 Å². The third-order valence-electron chi connectivity index (χ3n) is 5.25. The Bertz CT molecular complexity index is 1020. The van der Waals surface area contributed by atoms with Gasteiger partial charge in [-0.2, -0.15) is 5.10 Å². The van der Waals surface area contributed by atoms with E-state index in [4.69, 9.17) is 15.2 Å². The summed E-state index contributed by atoms with van der Waals surface area (Å²) in [6, 6.07) is 5.30. The summed E-state index contributed by atoms with van der Waals surface area (Å²) in [6.45, 7) is 5.53. The van der Waals surface area contributed by atoms with Gasteiger partial charge in [0.2, 0.25) is 5.91 Å². The van der Waals surface area contributed by atoms with E-state index in [1.807, 2.05) is 0 Å². The van der Waals surface area contributed by atoms with Gasteiger partial charge in [-0.1, -0.05) is 12.5 Å². The van der Waals surface area contributed by atoms with Gasteiger partial charge in [0.25, 0.3) is 5.91 Å². The molecule has 31 heavy (non-hydrogen) atoms. The Labute approximate surface area is 181 Å². The molecule has 0 spiro atoms. The van der Waals surface area contributed by atoms with Crippen LogP contribution in [0.3, 0.4) is 0 Å². The van der Waals surface area contributed by atoms with Crippen molar-refractivity contribution in [2.45, 2.75) is 19.4 Å². The molecule has 1 fully saturated rings. The minimum Gasteiger partial charge on any atom is -0.497 e. The predicted molar refractivity (Wildman–Crippen MR) is 116 cm³/mol. The van der Waals surface area contributed by atoms with Crippen LogP contribution in [0.1, 0.15) is 34.5 Å². The van der Waals surface area contributed by atoms with E-state index in [2.05, 4.69) is 23.5 Å². The van der Waals surface area contributed by atoms with Gasteiger partial charge in [0, 0.05) is 37.5 Å². The number of aromatic nitrogens is 2. The summed E-state index contributed by atoms with van der Waals surface area (Å²) < 4.78 is 12.2. The standard InChI is InChI=1S/C23H26N4O4/c1-4-22(28)26-9-7-16(8-10-26)14-27-15-20(23(24)29)21(25-27)6-5-17-11-18(30-2)13-19(12-17)31-3/h4,11-13,15-16H,1,7-10,14H2,2-3H3,(H2,24,29). The maximum absolute atomic E-state index is 11.9. The fraction of sp³-hybridized carbons (Fsp3) is 0.348. The highest BCUT2D eigenvalue weighted by Gasteiger charge is 2.22. The smallest absolute Gasteiger partial charge is 0.253 e. The quantitative estimate of drug-likeness (QED) is 0.566. The summed E-state index contributed by atoms with van der Waals surface area (Å²) in [5, 5.41) is 4.48. The second kappa shape index (κ2) is 9.85. The number of methoxy groups -OCH3 is 2. The molecule has 1 saturated heterocycles. The molecular weight excluding hydrogens is 396 g/mol. The van der Waals surface area contributed by atoms with Crippen LogP contribution < -0.4 is 15.2 Å². The van der Waals surface area contributed by atoms with Gasteiger partial charge in [0.05, 0.1) is 19.8 Å². The highest BCUT2D eigenvalue weighted by molar-refractivity contribution is 5.94. The predicted octanol–water partition coefficient (Wildman–Crippen LogP) is 1.82. The average molecular weight is 422 g/mol. The average Bonchev–Trinajstić information content (AvgIpc) is 3.20. The molecule has 1 aromatic heterocycles. The number of nitrogens with two attached hydrogens (primary N) is 1. The molecule has 3 rings (SSSR count). The molecule has 0 unspecified atom stereocenters. The van der Waals surface area contributed by atoms with E-state index in [0.717, 1.165) is 12.8 Å². The Morgan fingerprint density at radius 2 is 1.84 bits per heavy atom. The lowest BCUT2D eigenvalue weighted by atomic mass is 9.97. The SMILES string of the molecule is C=CC(=O)N1CCC(Cn2cc(C(N)=O)c(C#Cc3cc(OC)cc(OC)c3)n2)CC1. The summed E-state index contributed by atoms with van der Waals surface area (Å²) in [5.41, 5.74) is 6.81.